The second kappa shape index (κ2) is 6.22. The third kappa shape index (κ3) is 2.74. The summed E-state index contributed by atoms with van der Waals surface area (Å²) in [6.45, 7) is 4.01. The van der Waals surface area contributed by atoms with Crippen LogP contribution < -0.4 is 11.3 Å². The minimum absolute atomic E-state index is 0.0545. The number of hydrogen-bond acceptors (Lipinski definition) is 3. The summed E-state index contributed by atoms with van der Waals surface area (Å²) in [7, 11) is 0. The lowest BCUT2D eigenvalue weighted by Crippen LogP contribution is -2.31. The minimum Gasteiger partial charge on any atom is -0.271 e. The van der Waals surface area contributed by atoms with Gasteiger partial charge in [0, 0.05) is 6.04 Å². The molecule has 108 valence electrons. The van der Waals surface area contributed by atoms with Crippen molar-refractivity contribution in [2.45, 2.75) is 25.9 Å². The molecule has 0 bridgehead atoms. The predicted molar refractivity (Wildman–Crippen MR) is 80.9 cm³/mol. The number of nitrogens with one attached hydrogen (secondary N) is 1. The molecule has 1 heterocycles. The van der Waals surface area contributed by atoms with Gasteiger partial charge in [-0.3, -0.25) is 10.5 Å². The Morgan fingerprint density at radius 1 is 1.45 bits per heavy atom. The smallest absolute Gasteiger partial charge is 0.142 e. The van der Waals surface area contributed by atoms with Crippen LogP contribution in [-0.2, 0) is 0 Å². The van der Waals surface area contributed by atoms with E-state index in [2.05, 4.69) is 26.5 Å². The molecule has 0 saturated heterocycles. The standard InChI is InChI=1S/C13H15BrClFN4/c1-7(2)20-13(9(14)6-18-20)12(19-17)8-4-3-5-10(16)11(8)15/h3-7,12,19H,17H2,1-2H3. The molecule has 1 aromatic heterocycles. The van der Waals surface area contributed by atoms with E-state index in [1.165, 1.54) is 6.07 Å². The topological polar surface area (TPSA) is 55.9 Å². The highest BCUT2D eigenvalue weighted by atomic mass is 79.9. The monoisotopic (exact) mass is 360 g/mol. The first-order chi connectivity index (χ1) is 9.47. The molecule has 1 aromatic carbocycles. The van der Waals surface area contributed by atoms with Gasteiger partial charge in [0.15, 0.2) is 0 Å². The molecule has 0 spiro atoms. The van der Waals surface area contributed by atoms with Gasteiger partial charge in [0.1, 0.15) is 5.82 Å². The van der Waals surface area contributed by atoms with E-state index in [1.807, 2.05) is 18.5 Å². The van der Waals surface area contributed by atoms with Crippen molar-refractivity contribution in [3.8, 4) is 0 Å². The summed E-state index contributed by atoms with van der Waals surface area (Å²) >= 11 is 9.50. The molecule has 1 unspecified atom stereocenters. The Balaban J connectivity index is 2.58. The molecule has 0 aliphatic heterocycles. The molecule has 0 amide bonds. The van der Waals surface area contributed by atoms with Gasteiger partial charge in [-0.25, -0.2) is 9.82 Å². The Kier molecular flexibility index (Phi) is 4.80. The summed E-state index contributed by atoms with van der Waals surface area (Å²) in [5.41, 5.74) is 4.05. The zero-order chi connectivity index (χ0) is 14.9. The number of benzene rings is 1. The number of hydrazine groups is 1. The summed E-state index contributed by atoms with van der Waals surface area (Å²) in [4.78, 5) is 0. The molecule has 2 rings (SSSR count). The normalized spacial score (nSPS) is 12.9. The van der Waals surface area contributed by atoms with Crippen LogP contribution in [0.4, 0.5) is 4.39 Å². The molecule has 2 aromatic rings. The summed E-state index contributed by atoms with van der Waals surface area (Å²) in [6.07, 6.45) is 1.69. The van der Waals surface area contributed by atoms with Crippen LogP contribution in [0.3, 0.4) is 0 Å². The SMILES string of the molecule is CC(C)n1ncc(Br)c1C(NN)c1cccc(F)c1Cl. The van der Waals surface area contributed by atoms with Gasteiger partial charge in [0.2, 0.25) is 0 Å². The molecule has 0 fully saturated rings. The van der Waals surface area contributed by atoms with E-state index in [9.17, 15) is 4.39 Å². The van der Waals surface area contributed by atoms with Crippen LogP contribution in [0.1, 0.15) is 37.2 Å². The van der Waals surface area contributed by atoms with Crippen molar-refractivity contribution in [3.63, 3.8) is 0 Å². The van der Waals surface area contributed by atoms with E-state index < -0.39 is 11.9 Å². The van der Waals surface area contributed by atoms with Crippen LogP contribution in [0, 0.1) is 5.82 Å². The van der Waals surface area contributed by atoms with E-state index >= 15 is 0 Å². The molecular weight excluding hydrogens is 347 g/mol. The fourth-order valence-electron chi connectivity index (χ4n) is 2.09. The third-order valence-electron chi connectivity index (χ3n) is 3.01. The minimum atomic E-state index is -0.476. The Labute approximate surface area is 130 Å². The Bertz CT molecular complexity index is 614. The molecule has 20 heavy (non-hydrogen) atoms. The Morgan fingerprint density at radius 3 is 2.75 bits per heavy atom. The highest BCUT2D eigenvalue weighted by Crippen LogP contribution is 2.34. The van der Waals surface area contributed by atoms with Gasteiger partial charge in [-0.15, -0.1) is 0 Å². The van der Waals surface area contributed by atoms with Gasteiger partial charge >= 0.3 is 0 Å². The van der Waals surface area contributed by atoms with Crippen LogP contribution in [0.5, 0.6) is 0 Å². The van der Waals surface area contributed by atoms with Gasteiger partial charge in [0.05, 0.1) is 27.4 Å². The number of rotatable bonds is 4. The summed E-state index contributed by atoms with van der Waals surface area (Å²) in [5.74, 6) is 5.18. The van der Waals surface area contributed by atoms with Gasteiger partial charge in [-0.05, 0) is 41.4 Å². The first kappa shape index (κ1) is 15.4. The highest BCUT2D eigenvalue weighted by molar-refractivity contribution is 9.10. The molecule has 0 saturated carbocycles. The fraction of sp³-hybridized carbons (Fsp3) is 0.308. The van der Waals surface area contributed by atoms with E-state index in [0.29, 0.717) is 5.56 Å². The van der Waals surface area contributed by atoms with Gasteiger partial charge < -0.3 is 0 Å². The molecule has 0 radical (unpaired) electrons. The van der Waals surface area contributed by atoms with Gasteiger partial charge in [-0.2, -0.15) is 5.10 Å². The van der Waals surface area contributed by atoms with E-state index in [0.717, 1.165) is 10.2 Å². The molecule has 7 heteroatoms. The molecule has 1 atom stereocenters. The highest BCUT2D eigenvalue weighted by Gasteiger charge is 2.24. The van der Waals surface area contributed by atoms with Gasteiger partial charge in [0.25, 0.3) is 0 Å². The lowest BCUT2D eigenvalue weighted by molar-refractivity contribution is 0.474. The van der Waals surface area contributed by atoms with Crippen molar-refractivity contribution in [2.75, 3.05) is 0 Å². The molecular formula is C13H15BrClFN4. The van der Waals surface area contributed by atoms with Crippen molar-refractivity contribution in [2.24, 2.45) is 5.84 Å². The van der Waals surface area contributed by atoms with Crippen LogP contribution in [0.25, 0.3) is 0 Å². The molecule has 0 aliphatic carbocycles. The van der Waals surface area contributed by atoms with Crippen molar-refractivity contribution >= 4 is 27.5 Å². The largest absolute Gasteiger partial charge is 0.271 e. The van der Waals surface area contributed by atoms with Crippen LogP contribution in [-0.4, -0.2) is 9.78 Å². The number of nitrogens with zero attached hydrogens (tertiary/aromatic N) is 2. The zero-order valence-corrected chi connectivity index (χ0v) is 13.4. The Hall–Kier alpha value is -0.950. The average Bonchev–Trinajstić information content (AvgIpc) is 2.78. The number of aromatic nitrogens is 2. The zero-order valence-electron chi connectivity index (χ0n) is 11.1. The maximum Gasteiger partial charge on any atom is 0.142 e. The number of halogens is 3. The van der Waals surface area contributed by atoms with Crippen molar-refractivity contribution in [3.05, 3.63) is 51.0 Å². The van der Waals surface area contributed by atoms with Crippen molar-refractivity contribution < 1.29 is 4.39 Å². The maximum atomic E-state index is 13.6. The summed E-state index contributed by atoms with van der Waals surface area (Å²) in [5, 5.41) is 4.35. The molecule has 4 nitrogen and oxygen atoms in total. The van der Waals surface area contributed by atoms with Crippen molar-refractivity contribution in [1.82, 2.24) is 15.2 Å². The number of nitrogens with two attached hydrogens (primary N) is 1. The van der Waals surface area contributed by atoms with E-state index in [-0.39, 0.29) is 11.1 Å². The number of hydrogen-bond donors (Lipinski definition) is 2. The third-order valence-corrected chi connectivity index (χ3v) is 4.02. The maximum absolute atomic E-state index is 13.6. The second-order valence-electron chi connectivity index (χ2n) is 4.66. The molecule has 3 N–H and O–H groups in total. The first-order valence-corrected chi connectivity index (χ1v) is 7.27. The first-order valence-electron chi connectivity index (χ1n) is 6.10. The van der Waals surface area contributed by atoms with Crippen molar-refractivity contribution in [1.29, 1.82) is 0 Å². The summed E-state index contributed by atoms with van der Waals surface area (Å²) < 4.78 is 16.2. The summed E-state index contributed by atoms with van der Waals surface area (Å²) in [6, 6.07) is 4.33. The van der Waals surface area contributed by atoms with Crippen LogP contribution >= 0.6 is 27.5 Å². The lowest BCUT2D eigenvalue weighted by atomic mass is 10.0. The van der Waals surface area contributed by atoms with E-state index in [4.69, 9.17) is 17.4 Å². The fourth-order valence-corrected chi connectivity index (χ4v) is 2.83. The van der Waals surface area contributed by atoms with Crippen LogP contribution in [0.2, 0.25) is 5.02 Å². The quantitative estimate of drug-likeness (QED) is 0.646. The van der Waals surface area contributed by atoms with Gasteiger partial charge in [-0.1, -0.05) is 23.7 Å². The Morgan fingerprint density at radius 2 is 2.15 bits per heavy atom. The predicted octanol–water partition coefficient (Wildman–Crippen LogP) is 3.57. The van der Waals surface area contributed by atoms with E-state index in [1.54, 1.807) is 18.3 Å². The molecule has 0 aliphatic rings. The average molecular weight is 362 g/mol. The lowest BCUT2D eigenvalue weighted by Gasteiger charge is -2.21. The van der Waals surface area contributed by atoms with Crippen LogP contribution in [0.15, 0.2) is 28.9 Å². The second-order valence-corrected chi connectivity index (χ2v) is 5.89.